The first-order chi connectivity index (χ1) is 13.6. The minimum absolute atomic E-state index is 0.0110. The second-order valence-electron chi connectivity index (χ2n) is 10.7. The number of rotatable bonds is 7. The molecular formula is C23H40N2O4. The van der Waals surface area contributed by atoms with Crippen LogP contribution in [-0.4, -0.2) is 61.3 Å². The Morgan fingerprint density at radius 3 is 2.24 bits per heavy atom. The molecule has 0 radical (unpaired) electrons. The van der Waals surface area contributed by atoms with Crippen molar-refractivity contribution in [1.29, 1.82) is 0 Å². The van der Waals surface area contributed by atoms with E-state index in [0.29, 0.717) is 12.7 Å². The Kier molecular flexibility index (Phi) is 6.94. The van der Waals surface area contributed by atoms with Gasteiger partial charge >= 0.3 is 0 Å². The van der Waals surface area contributed by atoms with Crippen LogP contribution in [-0.2, 0) is 19.1 Å². The summed E-state index contributed by atoms with van der Waals surface area (Å²) in [5.41, 5.74) is 0.350. The second-order valence-corrected chi connectivity index (χ2v) is 10.7. The Balaban J connectivity index is 1.63. The second kappa shape index (κ2) is 8.93. The van der Waals surface area contributed by atoms with Gasteiger partial charge in [-0.05, 0) is 50.9 Å². The molecule has 2 amide bonds. The van der Waals surface area contributed by atoms with Crippen LogP contribution in [0.4, 0.5) is 0 Å². The van der Waals surface area contributed by atoms with E-state index < -0.39 is 6.04 Å². The molecule has 4 fully saturated rings. The van der Waals surface area contributed by atoms with E-state index in [-0.39, 0.29) is 34.7 Å². The van der Waals surface area contributed by atoms with Crippen LogP contribution in [0.3, 0.4) is 0 Å². The highest BCUT2D eigenvalue weighted by atomic mass is 16.5. The van der Waals surface area contributed by atoms with Crippen molar-refractivity contribution in [1.82, 2.24) is 10.2 Å². The highest BCUT2D eigenvalue weighted by Crippen LogP contribution is 2.43. The number of hydrogen-bond donors (Lipinski definition) is 1. The summed E-state index contributed by atoms with van der Waals surface area (Å²) in [7, 11) is 0. The third-order valence-corrected chi connectivity index (χ3v) is 7.26. The lowest BCUT2D eigenvalue weighted by atomic mass is 9.72. The van der Waals surface area contributed by atoms with Gasteiger partial charge in [-0.25, -0.2) is 0 Å². The van der Waals surface area contributed by atoms with E-state index in [0.717, 1.165) is 58.2 Å². The topological polar surface area (TPSA) is 67.9 Å². The largest absolute Gasteiger partial charge is 0.378 e. The van der Waals surface area contributed by atoms with Gasteiger partial charge in [0, 0.05) is 24.4 Å². The van der Waals surface area contributed by atoms with Gasteiger partial charge in [-0.15, -0.1) is 0 Å². The van der Waals surface area contributed by atoms with Crippen LogP contribution in [0, 0.1) is 16.7 Å². The van der Waals surface area contributed by atoms with E-state index >= 15 is 0 Å². The Labute approximate surface area is 176 Å². The molecule has 0 aromatic heterocycles. The van der Waals surface area contributed by atoms with Crippen LogP contribution in [0.5, 0.6) is 0 Å². The molecule has 166 valence electrons. The van der Waals surface area contributed by atoms with Gasteiger partial charge < -0.3 is 19.7 Å². The normalized spacial score (nSPS) is 30.8. The third-order valence-electron chi connectivity index (χ3n) is 7.26. The fourth-order valence-electron chi connectivity index (χ4n) is 4.63. The Morgan fingerprint density at radius 2 is 1.72 bits per heavy atom. The van der Waals surface area contributed by atoms with Crippen LogP contribution in [0.2, 0.25) is 0 Å². The molecule has 3 aliphatic heterocycles. The lowest BCUT2D eigenvalue weighted by Crippen LogP contribution is -2.57. The SMILES string of the molecule is CC(C)C(=O)NC(C(=O)N1CCC(C)(C)CC1)C(C)OCC12CCC(CC1)OC2. The van der Waals surface area contributed by atoms with E-state index in [1.54, 1.807) is 0 Å². The molecule has 6 nitrogen and oxygen atoms in total. The smallest absolute Gasteiger partial charge is 0.247 e. The van der Waals surface area contributed by atoms with E-state index in [4.69, 9.17) is 9.47 Å². The number of nitrogens with zero attached hydrogens (tertiary/aromatic N) is 1. The molecule has 0 spiro atoms. The van der Waals surface area contributed by atoms with Gasteiger partial charge in [-0.1, -0.05) is 27.7 Å². The lowest BCUT2D eigenvalue weighted by Gasteiger charge is -2.46. The van der Waals surface area contributed by atoms with Gasteiger partial charge in [-0.2, -0.15) is 0 Å². The molecule has 2 bridgehead atoms. The first-order valence-corrected chi connectivity index (χ1v) is 11.4. The number of fused-ring (bicyclic) bond motifs is 3. The van der Waals surface area contributed by atoms with Gasteiger partial charge in [-0.3, -0.25) is 9.59 Å². The van der Waals surface area contributed by atoms with E-state index in [9.17, 15) is 9.59 Å². The van der Waals surface area contributed by atoms with Crippen LogP contribution in [0.15, 0.2) is 0 Å². The predicted octanol–water partition coefficient (Wildman–Crippen LogP) is 3.14. The van der Waals surface area contributed by atoms with Gasteiger partial charge in [0.2, 0.25) is 11.8 Å². The van der Waals surface area contributed by atoms with Crippen molar-refractivity contribution >= 4 is 11.8 Å². The Hall–Kier alpha value is -1.14. The summed E-state index contributed by atoms with van der Waals surface area (Å²) in [4.78, 5) is 27.7. The molecule has 1 N–H and O–H groups in total. The van der Waals surface area contributed by atoms with Crippen LogP contribution >= 0.6 is 0 Å². The van der Waals surface area contributed by atoms with Crippen molar-refractivity contribution < 1.29 is 19.1 Å². The zero-order valence-electron chi connectivity index (χ0n) is 19.0. The number of carbonyl (C=O) groups is 2. The summed E-state index contributed by atoms with van der Waals surface area (Å²) in [5.74, 6) is -0.280. The van der Waals surface area contributed by atoms with Gasteiger partial charge in [0.05, 0.1) is 25.4 Å². The van der Waals surface area contributed by atoms with Crippen molar-refractivity contribution in [2.24, 2.45) is 16.7 Å². The number of nitrogens with one attached hydrogen (secondary N) is 1. The maximum Gasteiger partial charge on any atom is 0.247 e. The fourth-order valence-corrected chi connectivity index (χ4v) is 4.63. The van der Waals surface area contributed by atoms with Gasteiger partial charge in [0.15, 0.2) is 0 Å². The minimum atomic E-state index is -0.636. The highest BCUT2D eigenvalue weighted by Gasteiger charge is 2.43. The van der Waals surface area contributed by atoms with Crippen molar-refractivity contribution in [3.63, 3.8) is 0 Å². The number of likely N-dealkylation sites (tertiary alicyclic amines) is 1. The predicted molar refractivity (Wildman–Crippen MR) is 112 cm³/mol. The maximum absolute atomic E-state index is 13.3. The molecule has 0 aromatic carbocycles. The molecule has 3 saturated heterocycles. The summed E-state index contributed by atoms with van der Waals surface area (Å²) >= 11 is 0. The molecule has 0 aromatic rings. The fraction of sp³-hybridized carbons (Fsp3) is 0.913. The number of hydrogen-bond acceptors (Lipinski definition) is 4. The number of ether oxygens (including phenoxy) is 2. The maximum atomic E-state index is 13.3. The quantitative estimate of drug-likeness (QED) is 0.703. The molecule has 6 heteroatoms. The van der Waals surface area contributed by atoms with E-state index in [1.165, 1.54) is 0 Å². The number of carbonyl (C=O) groups excluding carboxylic acids is 2. The first kappa shape index (κ1) is 22.5. The Bertz CT molecular complexity index is 572. The average Bonchev–Trinajstić information content (AvgIpc) is 2.71. The standard InChI is InChI=1S/C23H40N2O4/c1-16(2)20(26)24-19(21(27)25-12-10-22(4,5)11-13-25)17(3)28-14-23-8-6-18(7-9-23)29-15-23/h16-19H,6-15H2,1-5H3,(H,24,26). The summed E-state index contributed by atoms with van der Waals surface area (Å²) in [5, 5.41) is 2.98. The van der Waals surface area contributed by atoms with Crippen molar-refractivity contribution in [3.8, 4) is 0 Å². The first-order valence-electron chi connectivity index (χ1n) is 11.4. The molecular weight excluding hydrogens is 368 g/mol. The number of piperidine rings is 1. The summed E-state index contributed by atoms with van der Waals surface area (Å²) in [6, 6.07) is -0.636. The van der Waals surface area contributed by atoms with Gasteiger partial charge in [0.1, 0.15) is 6.04 Å². The zero-order chi connectivity index (χ0) is 21.2. The van der Waals surface area contributed by atoms with E-state index in [2.05, 4.69) is 19.2 Å². The van der Waals surface area contributed by atoms with Crippen molar-refractivity contribution in [2.75, 3.05) is 26.3 Å². The lowest BCUT2D eigenvalue weighted by molar-refractivity contribution is -0.158. The third kappa shape index (κ3) is 5.52. The zero-order valence-corrected chi connectivity index (χ0v) is 19.0. The molecule has 4 rings (SSSR count). The molecule has 1 aliphatic carbocycles. The van der Waals surface area contributed by atoms with Crippen LogP contribution in [0.25, 0.3) is 0 Å². The molecule has 2 atom stereocenters. The monoisotopic (exact) mass is 408 g/mol. The van der Waals surface area contributed by atoms with Gasteiger partial charge in [0.25, 0.3) is 0 Å². The van der Waals surface area contributed by atoms with E-state index in [1.807, 2.05) is 25.7 Å². The van der Waals surface area contributed by atoms with Crippen molar-refractivity contribution in [2.45, 2.75) is 91.4 Å². The van der Waals surface area contributed by atoms with Crippen molar-refractivity contribution in [3.05, 3.63) is 0 Å². The van der Waals surface area contributed by atoms with Crippen LogP contribution < -0.4 is 5.32 Å². The minimum Gasteiger partial charge on any atom is -0.378 e. The van der Waals surface area contributed by atoms with Crippen LogP contribution in [0.1, 0.15) is 73.1 Å². The molecule has 29 heavy (non-hydrogen) atoms. The summed E-state index contributed by atoms with van der Waals surface area (Å²) < 4.78 is 12.2. The summed E-state index contributed by atoms with van der Waals surface area (Å²) in [6.45, 7) is 12.9. The Morgan fingerprint density at radius 1 is 1.10 bits per heavy atom. The average molecular weight is 409 g/mol. The molecule has 1 saturated carbocycles. The number of amides is 2. The summed E-state index contributed by atoms with van der Waals surface area (Å²) in [6.07, 6.45) is 6.50. The molecule has 3 heterocycles. The highest BCUT2D eigenvalue weighted by molar-refractivity contribution is 5.88. The molecule has 2 unspecified atom stereocenters. The molecule has 4 aliphatic rings.